The van der Waals surface area contributed by atoms with E-state index in [1.165, 1.54) is 36.4 Å². The van der Waals surface area contributed by atoms with Crippen LogP contribution in [-0.2, 0) is 23.7 Å². The quantitative estimate of drug-likeness (QED) is 0.0558. The molecular weight excluding hydrogens is 640 g/mol. The predicted molar refractivity (Wildman–Crippen MR) is 159 cm³/mol. The standard InChI is InChI=1S/C30H30N4O14/c1-12(37)45-25-23(39)21(11-36)48-30(24(25)40)47-19(8-31-13-2-4-15-17(6-13)28(43)33-26(15)41)20(10-35)46-22(38)9-32-14-3-5-16-18(7-14)29(44)34-27(16)42/h2-9,19-25,30,35-36,38-40H,10-11H2,1H3,(H,33,41,43)(H,34,42,44)/t19-,20+,21-,22-,23+,24+,25+,30-/m0/s1. The van der Waals surface area contributed by atoms with Gasteiger partial charge in [-0.1, -0.05) is 0 Å². The second kappa shape index (κ2) is 14.5. The third-order valence-electron chi connectivity index (χ3n) is 7.44. The number of amides is 4. The van der Waals surface area contributed by atoms with Crippen LogP contribution in [0.4, 0.5) is 11.4 Å². The molecule has 0 radical (unpaired) electrons. The summed E-state index contributed by atoms with van der Waals surface area (Å²) in [5, 5.41) is 56.2. The number of esters is 1. The molecular formula is C30H30N4O14. The highest BCUT2D eigenvalue weighted by Gasteiger charge is 2.48. The molecule has 2 aromatic rings. The number of fused-ring (bicyclic) bond motifs is 2. The van der Waals surface area contributed by atoms with Crippen LogP contribution < -0.4 is 10.6 Å². The minimum atomic E-state index is -1.83. The van der Waals surface area contributed by atoms with E-state index >= 15 is 0 Å². The molecule has 0 unspecified atom stereocenters. The fraction of sp³-hybridized carbons (Fsp3) is 0.367. The Bertz CT molecular complexity index is 1680. The van der Waals surface area contributed by atoms with Gasteiger partial charge in [0, 0.05) is 13.1 Å². The molecule has 5 rings (SSSR count). The number of rotatable bonds is 12. The Kier molecular flexibility index (Phi) is 10.5. The number of carbonyl (C=O) groups is 5. The van der Waals surface area contributed by atoms with E-state index in [2.05, 4.69) is 20.6 Å². The van der Waals surface area contributed by atoms with E-state index in [1.807, 2.05) is 0 Å². The maximum Gasteiger partial charge on any atom is 0.303 e. The summed E-state index contributed by atoms with van der Waals surface area (Å²) in [6.45, 7) is -0.575. The lowest BCUT2D eigenvalue weighted by Gasteiger charge is -2.42. The van der Waals surface area contributed by atoms with Crippen LogP contribution in [0.1, 0.15) is 48.4 Å². The highest BCUT2D eigenvalue weighted by Crippen LogP contribution is 2.28. The first kappa shape index (κ1) is 34.5. The van der Waals surface area contributed by atoms with Gasteiger partial charge >= 0.3 is 5.97 Å². The van der Waals surface area contributed by atoms with E-state index < -0.39 is 92.0 Å². The molecule has 18 heteroatoms. The first-order chi connectivity index (χ1) is 22.9. The summed E-state index contributed by atoms with van der Waals surface area (Å²) in [5.74, 6) is -3.26. The molecule has 8 atom stereocenters. The number of ether oxygens (including phenoxy) is 4. The molecule has 18 nitrogen and oxygen atoms in total. The highest BCUT2D eigenvalue weighted by atomic mass is 16.7. The van der Waals surface area contributed by atoms with Crippen molar-refractivity contribution in [2.24, 2.45) is 9.98 Å². The van der Waals surface area contributed by atoms with Crippen molar-refractivity contribution < 1.29 is 68.5 Å². The van der Waals surface area contributed by atoms with Crippen LogP contribution in [0.15, 0.2) is 46.4 Å². The van der Waals surface area contributed by atoms with Gasteiger partial charge in [0.05, 0.1) is 53.1 Å². The minimum Gasteiger partial charge on any atom is -0.457 e. The van der Waals surface area contributed by atoms with Gasteiger partial charge in [-0.15, -0.1) is 0 Å². The number of aliphatic imine (C=N–C) groups is 2. The van der Waals surface area contributed by atoms with Gasteiger partial charge in [0.2, 0.25) is 0 Å². The maximum absolute atomic E-state index is 12.1. The molecule has 4 amide bonds. The van der Waals surface area contributed by atoms with E-state index in [1.54, 1.807) is 0 Å². The fourth-order valence-corrected chi connectivity index (χ4v) is 5.09. The number of nitrogens with one attached hydrogen (secondary N) is 2. The Labute approximate surface area is 270 Å². The van der Waals surface area contributed by atoms with Crippen LogP contribution in [-0.4, -0.2) is 130 Å². The van der Waals surface area contributed by atoms with Crippen molar-refractivity contribution in [3.05, 3.63) is 58.7 Å². The summed E-state index contributed by atoms with van der Waals surface area (Å²) in [5.41, 5.74) is 0.754. The minimum absolute atomic E-state index is 0.0529. The van der Waals surface area contributed by atoms with Gasteiger partial charge in [-0.05, 0) is 36.4 Å². The Morgan fingerprint density at radius 1 is 0.875 bits per heavy atom. The summed E-state index contributed by atoms with van der Waals surface area (Å²) in [6.07, 6.45) is -11.0. The first-order valence-corrected chi connectivity index (χ1v) is 14.4. The molecule has 0 saturated carbocycles. The van der Waals surface area contributed by atoms with Crippen molar-refractivity contribution in [2.75, 3.05) is 13.2 Å². The summed E-state index contributed by atoms with van der Waals surface area (Å²) in [7, 11) is 0. The van der Waals surface area contributed by atoms with Crippen LogP contribution in [0, 0.1) is 0 Å². The van der Waals surface area contributed by atoms with Gasteiger partial charge in [-0.2, -0.15) is 0 Å². The van der Waals surface area contributed by atoms with Crippen molar-refractivity contribution in [1.82, 2.24) is 10.6 Å². The highest BCUT2D eigenvalue weighted by molar-refractivity contribution is 6.22. The average Bonchev–Trinajstić information content (AvgIpc) is 3.51. The zero-order valence-corrected chi connectivity index (χ0v) is 25.0. The zero-order valence-electron chi connectivity index (χ0n) is 25.0. The van der Waals surface area contributed by atoms with Gasteiger partial charge in [0.25, 0.3) is 23.6 Å². The number of carbonyl (C=O) groups excluding carboxylic acids is 5. The van der Waals surface area contributed by atoms with Crippen molar-refractivity contribution in [1.29, 1.82) is 0 Å². The number of aliphatic hydroxyl groups excluding tert-OH is 5. The van der Waals surface area contributed by atoms with Crippen molar-refractivity contribution in [3.8, 4) is 0 Å². The third-order valence-corrected chi connectivity index (χ3v) is 7.44. The smallest absolute Gasteiger partial charge is 0.303 e. The normalized spacial score (nSPS) is 25.5. The van der Waals surface area contributed by atoms with Crippen molar-refractivity contribution in [3.63, 3.8) is 0 Å². The van der Waals surface area contributed by atoms with Gasteiger partial charge in [-0.3, -0.25) is 44.6 Å². The number of benzene rings is 2. The van der Waals surface area contributed by atoms with E-state index in [4.69, 9.17) is 18.9 Å². The lowest BCUT2D eigenvalue weighted by Crippen LogP contribution is -2.61. The largest absolute Gasteiger partial charge is 0.457 e. The number of aliphatic hydroxyl groups is 5. The second-order valence-electron chi connectivity index (χ2n) is 10.7. The van der Waals surface area contributed by atoms with Crippen molar-refractivity contribution in [2.45, 2.75) is 56.1 Å². The molecule has 48 heavy (non-hydrogen) atoms. The number of hydrogen-bond acceptors (Lipinski definition) is 16. The lowest BCUT2D eigenvalue weighted by molar-refractivity contribution is -0.315. The molecule has 3 aliphatic heterocycles. The number of imide groups is 2. The Balaban J connectivity index is 1.39. The monoisotopic (exact) mass is 670 g/mol. The van der Waals surface area contributed by atoms with Gasteiger partial charge in [-0.25, -0.2) is 0 Å². The average molecular weight is 671 g/mol. The first-order valence-electron chi connectivity index (χ1n) is 14.4. The summed E-state index contributed by atoms with van der Waals surface area (Å²) < 4.78 is 21.9. The molecule has 3 aliphatic rings. The van der Waals surface area contributed by atoms with Crippen LogP contribution in [0.3, 0.4) is 0 Å². The van der Waals surface area contributed by atoms with E-state index in [0.29, 0.717) is 0 Å². The molecule has 1 fully saturated rings. The zero-order chi connectivity index (χ0) is 34.7. The molecule has 0 aromatic heterocycles. The van der Waals surface area contributed by atoms with Gasteiger partial charge < -0.3 is 44.5 Å². The molecule has 0 spiro atoms. The molecule has 3 heterocycles. The van der Waals surface area contributed by atoms with Crippen LogP contribution in [0.2, 0.25) is 0 Å². The Morgan fingerprint density at radius 2 is 1.42 bits per heavy atom. The van der Waals surface area contributed by atoms with Crippen molar-refractivity contribution >= 4 is 53.4 Å². The van der Waals surface area contributed by atoms with Crippen LogP contribution in [0.5, 0.6) is 0 Å². The third kappa shape index (κ3) is 7.35. The van der Waals surface area contributed by atoms with E-state index in [0.717, 1.165) is 19.4 Å². The lowest BCUT2D eigenvalue weighted by atomic mass is 9.99. The summed E-state index contributed by atoms with van der Waals surface area (Å²) in [4.78, 5) is 67.7. The second-order valence-corrected chi connectivity index (χ2v) is 10.7. The Hall–Kier alpha value is -4.79. The van der Waals surface area contributed by atoms with E-state index in [-0.39, 0.29) is 33.6 Å². The maximum atomic E-state index is 12.1. The van der Waals surface area contributed by atoms with Gasteiger partial charge in [0.15, 0.2) is 18.7 Å². The summed E-state index contributed by atoms with van der Waals surface area (Å²) >= 11 is 0. The Morgan fingerprint density at radius 3 is 1.94 bits per heavy atom. The SMILES string of the molecule is CC(=O)O[C@H]1[C@@H](O)[C@@H](O[C@@H](C=Nc2ccc3c(c2)C(=O)NC3=O)[C@@H](CO)O[C@H](O)C=Nc2ccc3c(c2)C(=O)NC3=O)O[C@@H](CO)[C@H]1O. The molecule has 1 saturated heterocycles. The molecule has 0 aliphatic carbocycles. The molecule has 254 valence electrons. The topological polar surface area (TPSA) is 272 Å². The molecule has 7 N–H and O–H groups in total. The predicted octanol–water partition coefficient (Wildman–Crippen LogP) is -1.99. The van der Waals surface area contributed by atoms with Crippen LogP contribution in [0.25, 0.3) is 0 Å². The number of nitrogens with zero attached hydrogens (tertiary/aromatic N) is 2. The van der Waals surface area contributed by atoms with E-state index in [9.17, 15) is 49.5 Å². The molecule has 2 aromatic carbocycles. The van der Waals surface area contributed by atoms with Gasteiger partial charge in [0.1, 0.15) is 30.5 Å². The fourth-order valence-electron chi connectivity index (χ4n) is 5.09. The number of hydrogen-bond donors (Lipinski definition) is 7. The van der Waals surface area contributed by atoms with Crippen LogP contribution >= 0.6 is 0 Å². The summed E-state index contributed by atoms with van der Waals surface area (Å²) in [6, 6.07) is 8.19. The molecule has 0 bridgehead atoms.